The van der Waals surface area contributed by atoms with Crippen LogP contribution in [0.15, 0.2) is 23.1 Å². The van der Waals surface area contributed by atoms with Crippen molar-refractivity contribution >= 4 is 10.1 Å². The molecule has 1 rings (SSSR count). The number of hydrogen-bond donors (Lipinski definition) is 1. The average molecular weight is 273 g/mol. The number of rotatable bonds is 5. The van der Waals surface area contributed by atoms with Crippen molar-refractivity contribution in [2.75, 3.05) is 0 Å². The summed E-state index contributed by atoms with van der Waals surface area (Å²) in [4.78, 5) is 9.98. The van der Waals surface area contributed by atoms with Gasteiger partial charge in [-0.25, -0.2) is 0 Å². The zero-order valence-corrected chi connectivity index (χ0v) is 11.0. The third-order valence-corrected chi connectivity index (χ3v) is 3.65. The maximum atomic E-state index is 10.9. The first-order valence-corrected chi connectivity index (χ1v) is 6.86. The summed E-state index contributed by atoms with van der Waals surface area (Å²) in [5.41, 5.74) is 1.54. The molecule has 18 heavy (non-hydrogen) atoms. The first-order chi connectivity index (χ1) is 8.21. The van der Waals surface area contributed by atoms with Gasteiger partial charge in [-0.05, 0) is 36.6 Å². The minimum atomic E-state index is -4.20. The number of aryl methyl sites for hydroxylation is 2. The van der Waals surface area contributed by atoms with Crippen LogP contribution in [0, 0.1) is 17.0 Å². The van der Waals surface area contributed by atoms with Crippen molar-refractivity contribution in [3.8, 4) is 0 Å². The Labute approximate surface area is 106 Å². The summed E-state index contributed by atoms with van der Waals surface area (Å²) >= 11 is 0. The lowest BCUT2D eigenvalue weighted by Crippen LogP contribution is -2.15. The standard InChI is InChI=1S/C11H15NO5S/c1-8-7-11(18(15,16)17)6-5-10(8)4-3-9(2)12(13)14/h5-7,9H,3-4H2,1-2H3,(H,15,16,17). The lowest BCUT2D eigenvalue weighted by atomic mass is 10.0. The Morgan fingerprint density at radius 1 is 1.44 bits per heavy atom. The van der Waals surface area contributed by atoms with E-state index in [0.717, 1.165) is 5.56 Å². The van der Waals surface area contributed by atoms with Crippen LogP contribution in [0.3, 0.4) is 0 Å². The summed E-state index contributed by atoms with van der Waals surface area (Å²) in [6.07, 6.45) is 0.888. The molecule has 6 nitrogen and oxygen atoms in total. The van der Waals surface area contributed by atoms with Crippen LogP contribution in [0.2, 0.25) is 0 Å². The van der Waals surface area contributed by atoms with E-state index in [1.54, 1.807) is 13.0 Å². The van der Waals surface area contributed by atoms with Crippen molar-refractivity contribution in [1.29, 1.82) is 0 Å². The topological polar surface area (TPSA) is 97.5 Å². The van der Waals surface area contributed by atoms with Gasteiger partial charge in [0.2, 0.25) is 6.04 Å². The van der Waals surface area contributed by atoms with Gasteiger partial charge in [0, 0.05) is 18.3 Å². The van der Waals surface area contributed by atoms with Crippen LogP contribution in [-0.4, -0.2) is 23.9 Å². The second kappa shape index (κ2) is 5.45. The maximum Gasteiger partial charge on any atom is 0.294 e. The average Bonchev–Trinajstić information content (AvgIpc) is 2.25. The maximum absolute atomic E-state index is 10.9. The van der Waals surface area contributed by atoms with Gasteiger partial charge in [0.15, 0.2) is 0 Å². The van der Waals surface area contributed by atoms with Crippen molar-refractivity contribution in [2.24, 2.45) is 0 Å². The van der Waals surface area contributed by atoms with Crippen LogP contribution in [0.4, 0.5) is 0 Å². The Hall–Kier alpha value is -1.47. The SMILES string of the molecule is Cc1cc(S(=O)(=O)O)ccc1CCC(C)[N+](=O)[O-]. The highest BCUT2D eigenvalue weighted by Gasteiger charge is 2.15. The van der Waals surface area contributed by atoms with Crippen molar-refractivity contribution in [1.82, 2.24) is 0 Å². The predicted octanol–water partition coefficient (Wildman–Crippen LogP) is 1.84. The molecule has 100 valence electrons. The summed E-state index contributed by atoms with van der Waals surface area (Å²) in [6.45, 7) is 3.24. The highest BCUT2D eigenvalue weighted by molar-refractivity contribution is 7.85. The third-order valence-electron chi connectivity index (χ3n) is 2.80. The molecule has 0 spiro atoms. The minimum Gasteiger partial charge on any atom is -0.282 e. The van der Waals surface area contributed by atoms with E-state index in [1.807, 2.05) is 0 Å². The van der Waals surface area contributed by atoms with Gasteiger partial charge in [0.05, 0.1) is 4.90 Å². The van der Waals surface area contributed by atoms with Crippen molar-refractivity contribution in [3.05, 3.63) is 39.4 Å². The molecule has 1 aromatic rings. The molecule has 1 N–H and O–H groups in total. The zero-order chi connectivity index (χ0) is 13.9. The molecule has 1 unspecified atom stereocenters. The highest BCUT2D eigenvalue weighted by atomic mass is 32.2. The molecule has 0 saturated carbocycles. The largest absolute Gasteiger partial charge is 0.294 e. The van der Waals surface area contributed by atoms with Crippen molar-refractivity contribution in [2.45, 2.75) is 37.6 Å². The molecular formula is C11H15NO5S. The van der Waals surface area contributed by atoms with E-state index in [4.69, 9.17) is 4.55 Å². The molecule has 0 aromatic heterocycles. The van der Waals surface area contributed by atoms with E-state index in [1.165, 1.54) is 19.1 Å². The predicted molar refractivity (Wildman–Crippen MR) is 65.8 cm³/mol. The molecule has 0 heterocycles. The molecule has 0 fully saturated rings. The molecule has 1 aromatic carbocycles. The number of hydrogen-bond acceptors (Lipinski definition) is 4. The first-order valence-electron chi connectivity index (χ1n) is 5.42. The fraction of sp³-hybridized carbons (Fsp3) is 0.455. The van der Waals surface area contributed by atoms with Gasteiger partial charge in [-0.15, -0.1) is 0 Å². The molecule has 0 aliphatic heterocycles. The van der Waals surface area contributed by atoms with Crippen LogP contribution in [0.25, 0.3) is 0 Å². The summed E-state index contributed by atoms with van der Waals surface area (Å²) in [5.74, 6) is 0. The molecule has 7 heteroatoms. The normalized spacial score (nSPS) is 13.3. The second-order valence-electron chi connectivity index (χ2n) is 4.24. The fourth-order valence-electron chi connectivity index (χ4n) is 1.58. The number of nitrogens with zero attached hydrogens (tertiary/aromatic N) is 1. The quantitative estimate of drug-likeness (QED) is 0.501. The summed E-state index contributed by atoms with van der Waals surface area (Å²) in [6, 6.07) is 3.60. The van der Waals surface area contributed by atoms with Gasteiger partial charge in [0.25, 0.3) is 10.1 Å². The van der Waals surface area contributed by atoms with Crippen molar-refractivity contribution in [3.63, 3.8) is 0 Å². The number of benzene rings is 1. The minimum absolute atomic E-state index is 0.161. The van der Waals surface area contributed by atoms with Gasteiger partial charge < -0.3 is 0 Å². The van der Waals surface area contributed by atoms with E-state index in [9.17, 15) is 18.5 Å². The monoisotopic (exact) mass is 273 g/mol. The Kier molecular flexibility index (Phi) is 4.42. The lowest BCUT2D eigenvalue weighted by Gasteiger charge is -2.08. The van der Waals surface area contributed by atoms with E-state index in [2.05, 4.69) is 0 Å². The van der Waals surface area contributed by atoms with Gasteiger partial charge >= 0.3 is 0 Å². The summed E-state index contributed by atoms with van der Waals surface area (Å²) in [5, 5.41) is 10.5. The highest BCUT2D eigenvalue weighted by Crippen LogP contribution is 2.17. The summed E-state index contributed by atoms with van der Waals surface area (Å²) < 4.78 is 30.7. The molecule has 0 aliphatic carbocycles. The van der Waals surface area contributed by atoms with Crippen LogP contribution in [0.1, 0.15) is 24.5 Å². The van der Waals surface area contributed by atoms with Crippen LogP contribution >= 0.6 is 0 Å². The fourth-order valence-corrected chi connectivity index (χ4v) is 2.14. The Balaban J connectivity index is 2.84. The van der Waals surface area contributed by atoms with Gasteiger partial charge in [-0.3, -0.25) is 14.7 Å². The molecule has 0 amide bonds. The molecule has 1 atom stereocenters. The Morgan fingerprint density at radius 2 is 2.06 bits per heavy atom. The molecule has 0 radical (unpaired) electrons. The molecule has 0 aliphatic rings. The van der Waals surface area contributed by atoms with E-state index < -0.39 is 16.2 Å². The number of nitro groups is 1. The molecular weight excluding hydrogens is 258 g/mol. The van der Waals surface area contributed by atoms with Crippen LogP contribution < -0.4 is 0 Å². The summed E-state index contributed by atoms with van der Waals surface area (Å²) in [7, 11) is -4.20. The Bertz CT molecular complexity index is 553. The third kappa shape index (κ3) is 3.78. The molecule has 0 saturated heterocycles. The van der Waals surface area contributed by atoms with Gasteiger partial charge in [-0.1, -0.05) is 6.07 Å². The van der Waals surface area contributed by atoms with Gasteiger partial charge in [-0.2, -0.15) is 8.42 Å². The van der Waals surface area contributed by atoms with Gasteiger partial charge in [0.1, 0.15) is 0 Å². The molecule has 0 bridgehead atoms. The van der Waals surface area contributed by atoms with E-state index >= 15 is 0 Å². The zero-order valence-electron chi connectivity index (χ0n) is 10.2. The lowest BCUT2D eigenvalue weighted by molar-refractivity contribution is -0.518. The van der Waals surface area contributed by atoms with Crippen LogP contribution in [0.5, 0.6) is 0 Å². The first kappa shape index (κ1) is 14.6. The Morgan fingerprint density at radius 3 is 2.50 bits per heavy atom. The second-order valence-corrected chi connectivity index (χ2v) is 5.66. The smallest absolute Gasteiger partial charge is 0.282 e. The van der Waals surface area contributed by atoms with E-state index in [-0.39, 0.29) is 9.82 Å². The van der Waals surface area contributed by atoms with Crippen LogP contribution in [-0.2, 0) is 16.5 Å². The van der Waals surface area contributed by atoms with Crippen molar-refractivity contribution < 1.29 is 17.9 Å². The van der Waals surface area contributed by atoms with E-state index in [0.29, 0.717) is 18.4 Å².